The molecule has 0 aliphatic carbocycles. The second-order valence-corrected chi connectivity index (χ2v) is 7.73. The zero-order valence-electron chi connectivity index (χ0n) is 14.2. The van der Waals surface area contributed by atoms with Gasteiger partial charge in [-0.1, -0.05) is 39.0 Å². The molecule has 0 fully saturated rings. The Morgan fingerprint density at radius 2 is 1.83 bits per heavy atom. The van der Waals surface area contributed by atoms with Gasteiger partial charge in [0.05, 0.1) is 10.6 Å². The van der Waals surface area contributed by atoms with Crippen molar-refractivity contribution < 1.29 is 8.42 Å². The first-order valence-electron chi connectivity index (χ1n) is 7.64. The van der Waals surface area contributed by atoms with Crippen molar-refractivity contribution in [2.24, 2.45) is 10.9 Å². The van der Waals surface area contributed by atoms with Gasteiger partial charge in [0.25, 0.3) is 0 Å². The van der Waals surface area contributed by atoms with Crippen molar-refractivity contribution in [2.45, 2.75) is 38.1 Å². The third kappa shape index (κ3) is 8.01. The molecule has 0 aromatic heterocycles. The molecule has 0 saturated heterocycles. The Bertz CT molecular complexity index is 574. The first-order valence-corrected chi connectivity index (χ1v) is 9.29. The molecule has 132 valence electrons. The molecule has 1 unspecified atom stereocenters. The van der Waals surface area contributed by atoms with E-state index in [1.54, 1.807) is 31.3 Å². The van der Waals surface area contributed by atoms with Gasteiger partial charge in [-0.05, 0) is 24.5 Å². The third-order valence-electron chi connectivity index (χ3n) is 3.26. The van der Waals surface area contributed by atoms with Crippen LogP contribution in [0.15, 0.2) is 40.2 Å². The van der Waals surface area contributed by atoms with Gasteiger partial charge in [0.15, 0.2) is 15.8 Å². The molecule has 1 atom stereocenters. The van der Waals surface area contributed by atoms with E-state index in [9.17, 15) is 8.42 Å². The van der Waals surface area contributed by atoms with Crippen molar-refractivity contribution in [3.8, 4) is 0 Å². The predicted molar refractivity (Wildman–Crippen MR) is 107 cm³/mol. The maximum absolute atomic E-state index is 12.4. The Morgan fingerprint density at radius 3 is 2.30 bits per heavy atom. The number of benzene rings is 1. The fourth-order valence-corrected chi connectivity index (χ4v) is 3.55. The highest BCUT2D eigenvalue weighted by molar-refractivity contribution is 14.0. The summed E-state index contributed by atoms with van der Waals surface area (Å²) in [4.78, 5) is 4.51. The van der Waals surface area contributed by atoms with Crippen LogP contribution in [0.3, 0.4) is 0 Å². The second kappa shape index (κ2) is 10.9. The summed E-state index contributed by atoms with van der Waals surface area (Å²) in [5, 5.41) is 6.40. The number of hydrogen-bond acceptors (Lipinski definition) is 3. The number of rotatable bonds is 7. The van der Waals surface area contributed by atoms with Gasteiger partial charge in [-0.2, -0.15) is 0 Å². The molecular formula is C16H28IN3O2S. The van der Waals surface area contributed by atoms with E-state index in [1.165, 1.54) is 0 Å². The van der Waals surface area contributed by atoms with E-state index in [0.717, 1.165) is 6.54 Å². The zero-order chi connectivity index (χ0) is 16.6. The maximum Gasteiger partial charge on any atom is 0.191 e. The minimum atomic E-state index is -3.30. The molecule has 0 amide bonds. The van der Waals surface area contributed by atoms with Gasteiger partial charge in [-0.15, -0.1) is 24.0 Å². The number of halogens is 1. The molecule has 0 aliphatic rings. The van der Waals surface area contributed by atoms with Crippen LogP contribution in [-0.2, 0) is 9.84 Å². The average Bonchev–Trinajstić information content (AvgIpc) is 2.50. The van der Waals surface area contributed by atoms with Crippen LogP contribution >= 0.6 is 24.0 Å². The lowest BCUT2D eigenvalue weighted by atomic mass is 10.2. The van der Waals surface area contributed by atoms with E-state index >= 15 is 0 Å². The normalized spacial score (nSPS) is 13.3. The van der Waals surface area contributed by atoms with Crippen LogP contribution in [0.1, 0.15) is 27.2 Å². The summed E-state index contributed by atoms with van der Waals surface area (Å²) in [6.45, 7) is 6.98. The zero-order valence-corrected chi connectivity index (χ0v) is 17.4. The monoisotopic (exact) mass is 453 g/mol. The van der Waals surface area contributed by atoms with E-state index in [1.807, 2.05) is 13.0 Å². The lowest BCUT2D eigenvalue weighted by molar-refractivity contribution is 0.562. The standard InChI is InChI=1S/C16H27N3O2S.HI/c1-5-14(19-16(17-4)18-11-13(2)3)12-22(20,21)15-9-7-6-8-10-15;/h6-10,13-14H,5,11-12H2,1-4H3,(H2,17,18,19);1H. The van der Waals surface area contributed by atoms with Crippen molar-refractivity contribution in [2.75, 3.05) is 19.3 Å². The summed E-state index contributed by atoms with van der Waals surface area (Å²) < 4.78 is 24.9. The third-order valence-corrected chi connectivity index (χ3v) is 5.09. The molecule has 0 saturated carbocycles. The lowest BCUT2D eigenvalue weighted by Crippen LogP contribution is -2.46. The number of hydrogen-bond donors (Lipinski definition) is 2. The van der Waals surface area contributed by atoms with Crippen molar-refractivity contribution in [3.63, 3.8) is 0 Å². The Kier molecular flexibility index (Phi) is 10.5. The number of nitrogens with zero attached hydrogens (tertiary/aromatic N) is 1. The van der Waals surface area contributed by atoms with Gasteiger partial charge >= 0.3 is 0 Å². The molecule has 0 bridgehead atoms. The largest absolute Gasteiger partial charge is 0.356 e. The average molecular weight is 453 g/mol. The first kappa shape index (κ1) is 22.2. The highest BCUT2D eigenvalue weighted by Gasteiger charge is 2.20. The molecule has 0 radical (unpaired) electrons. The quantitative estimate of drug-likeness (QED) is 0.379. The summed E-state index contributed by atoms with van der Waals surface area (Å²) in [5.41, 5.74) is 0. The van der Waals surface area contributed by atoms with E-state index < -0.39 is 9.84 Å². The summed E-state index contributed by atoms with van der Waals surface area (Å²) >= 11 is 0. The number of nitrogens with one attached hydrogen (secondary N) is 2. The second-order valence-electron chi connectivity index (χ2n) is 5.69. The lowest BCUT2D eigenvalue weighted by Gasteiger charge is -2.21. The Labute approximate surface area is 157 Å². The summed E-state index contributed by atoms with van der Waals surface area (Å²) in [6, 6.07) is 8.38. The van der Waals surface area contributed by atoms with Crippen LogP contribution in [0.4, 0.5) is 0 Å². The van der Waals surface area contributed by atoms with Crippen LogP contribution in [0.5, 0.6) is 0 Å². The molecule has 0 heterocycles. The van der Waals surface area contributed by atoms with Crippen LogP contribution in [0.2, 0.25) is 0 Å². The molecule has 1 rings (SSSR count). The highest BCUT2D eigenvalue weighted by Crippen LogP contribution is 2.12. The molecular weight excluding hydrogens is 425 g/mol. The Balaban J connectivity index is 0.00000484. The van der Waals surface area contributed by atoms with Crippen LogP contribution in [0, 0.1) is 5.92 Å². The van der Waals surface area contributed by atoms with E-state index in [2.05, 4.69) is 29.5 Å². The maximum atomic E-state index is 12.4. The molecule has 23 heavy (non-hydrogen) atoms. The van der Waals surface area contributed by atoms with Crippen molar-refractivity contribution in [1.82, 2.24) is 10.6 Å². The topological polar surface area (TPSA) is 70.6 Å². The molecule has 5 nitrogen and oxygen atoms in total. The van der Waals surface area contributed by atoms with Gasteiger partial charge < -0.3 is 10.6 Å². The van der Waals surface area contributed by atoms with Gasteiger partial charge in [-0.25, -0.2) is 8.42 Å². The van der Waals surface area contributed by atoms with E-state index in [-0.39, 0.29) is 35.8 Å². The fourth-order valence-electron chi connectivity index (χ4n) is 1.94. The molecule has 0 spiro atoms. The van der Waals surface area contributed by atoms with Gasteiger partial charge in [-0.3, -0.25) is 4.99 Å². The number of aliphatic imine (C=N–C) groups is 1. The van der Waals surface area contributed by atoms with E-state index in [0.29, 0.717) is 23.2 Å². The Morgan fingerprint density at radius 1 is 1.22 bits per heavy atom. The summed E-state index contributed by atoms with van der Waals surface area (Å²) in [6.07, 6.45) is 0.703. The SMILES string of the molecule is CCC(CS(=O)(=O)c1ccccc1)NC(=NC)NCC(C)C.I. The Hall–Kier alpha value is -0.830. The van der Waals surface area contributed by atoms with Gasteiger partial charge in [0.1, 0.15) is 0 Å². The molecule has 2 N–H and O–H groups in total. The minimum Gasteiger partial charge on any atom is -0.356 e. The summed E-state index contributed by atoms with van der Waals surface area (Å²) in [7, 11) is -1.61. The number of sulfone groups is 1. The van der Waals surface area contributed by atoms with Crippen LogP contribution < -0.4 is 10.6 Å². The fraction of sp³-hybridized carbons (Fsp3) is 0.562. The van der Waals surface area contributed by atoms with Gasteiger partial charge in [0.2, 0.25) is 0 Å². The van der Waals surface area contributed by atoms with Crippen molar-refractivity contribution in [1.29, 1.82) is 0 Å². The predicted octanol–water partition coefficient (Wildman–Crippen LogP) is 2.68. The molecule has 7 heteroatoms. The minimum absolute atomic E-state index is 0. The van der Waals surface area contributed by atoms with Gasteiger partial charge in [0, 0.05) is 19.6 Å². The molecule has 1 aromatic carbocycles. The smallest absolute Gasteiger partial charge is 0.191 e. The molecule has 1 aromatic rings. The van der Waals surface area contributed by atoms with Crippen LogP contribution in [0.25, 0.3) is 0 Å². The van der Waals surface area contributed by atoms with Crippen molar-refractivity contribution in [3.05, 3.63) is 30.3 Å². The highest BCUT2D eigenvalue weighted by atomic mass is 127. The van der Waals surface area contributed by atoms with Crippen LogP contribution in [-0.4, -0.2) is 39.8 Å². The van der Waals surface area contributed by atoms with E-state index in [4.69, 9.17) is 0 Å². The molecule has 0 aliphatic heterocycles. The van der Waals surface area contributed by atoms with Crippen molar-refractivity contribution >= 4 is 39.8 Å². The summed E-state index contributed by atoms with van der Waals surface area (Å²) in [5.74, 6) is 1.19. The first-order chi connectivity index (χ1) is 10.4. The number of guanidine groups is 1.